The van der Waals surface area contributed by atoms with E-state index < -0.39 is 63.7 Å². The number of carbonyl (C=O) groups is 2. The number of rotatable bonds is 6. The minimum absolute atomic E-state index is 0.0549. The second-order valence-electron chi connectivity index (χ2n) is 11.6. The van der Waals surface area contributed by atoms with Crippen molar-refractivity contribution in [3.63, 3.8) is 0 Å². The lowest BCUT2D eigenvalue weighted by Crippen LogP contribution is -2.45. The van der Waals surface area contributed by atoms with Crippen LogP contribution in [-0.4, -0.2) is 41.0 Å². The summed E-state index contributed by atoms with van der Waals surface area (Å²) in [5, 5.41) is 22.6. The molecule has 0 bridgehead atoms. The lowest BCUT2D eigenvalue weighted by atomic mass is 9.62. The molecule has 0 aromatic heterocycles. The maximum atomic E-state index is 15.8. The van der Waals surface area contributed by atoms with Crippen LogP contribution in [0.2, 0.25) is 10.0 Å². The maximum absolute atomic E-state index is 15.8. The molecule has 0 spiro atoms. The van der Waals surface area contributed by atoms with Crippen LogP contribution in [0.4, 0.5) is 18.9 Å². The smallest absolute Gasteiger partial charge is 0.338 e. The Labute approximate surface area is 251 Å². The summed E-state index contributed by atoms with van der Waals surface area (Å²) in [4.78, 5) is 26.9. The van der Waals surface area contributed by atoms with E-state index in [1.165, 1.54) is 36.4 Å². The molecule has 4 atom stereocenters. The van der Waals surface area contributed by atoms with Crippen LogP contribution in [0, 0.1) is 34.2 Å². The average molecular weight is 618 g/mol. The van der Waals surface area contributed by atoms with Crippen molar-refractivity contribution in [1.82, 2.24) is 4.90 Å². The number of nitriles is 1. The molecular formula is C31H28Cl2F3N3O3. The van der Waals surface area contributed by atoms with E-state index in [-0.39, 0.29) is 26.9 Å². The molecule has 1 heterocycles. The van der Waals surface area contributed by atoms with Crippen LogP contribution in [0.25, 0.3) is 0 Å². The number of hydrogen-bond acceptors (Lipinski definition) is 4. The number of nitrogens with one attached hydrogen (secondary N) is 1. The fourth-order valence-electron chi connectivity index (χ4n) is 5.96. The predicted octanol–water partition coefficient (Wildman–Crippen LogP) is 7.41. The van der Waals surface area contributed by atoms with Crippen molar-refractivity contribution < 1.29 is 27.9 Å². The zero-order valence-electron chi connectivity index (χ0n) is 23.2. The van der Waals surface area contributed by atoms with Gasteiger partial charge in [0.2, 0.25) is 5.91 Å². The van der Waals surface area contributed by atoms with Crippen LogP contribution >= 0.6 is 23.2 Å². The molecule has 4 rings (SSSR count). The normalized spacial score (nSPS) is 22.5. The van der Waals surface area contributed by atoms with Gasteiger partial charge in [0.15, 0.2) is 0 Å². The molecular weight excluding hydrogens is 590 g/mol. The topological polar surface area (TPSA) is 93.4 Å². The van der Waals surface area contributed by atoms with Crippen molar-refractivity contribution in [2.75, 3.05) is 12.4 Å². The molecule has 3 aromatic rings. The van der Waals surface area contributed by atoms with Gasteiger partial charge in [0.25, 0.3) is 0 Å². The maximum Gasteiger partial charge on any atom is 0.338 e. The summed E-state index contributed by atoms with van der Waals surface area (Å²) in [5.74, 6) is -6.25. The summed E-state index contributed by atoms with van der Waals surface area (Å²) in [7, 11) is 1.59. The molecule has 6 nitrogen and oxygen atoms in total. The first-order valence-corrected chi connectivity index (χ1v) is 13.7. The molecule has 3 aromatic carbocycles. The van der Waals surface area contributed by atoms with E-state index in [0.717, 1.165) is 18.2 Å². The lowest BCUT2D eigenvalue weighted by Gasteiger charge is -2.38. The monoisotopic (exact) mass is 617 g/mol. The number of benzene rings is 3. The number of hydrogen-bond donors (Lipinski definition) is 2. The molecule has 1 aliphatic heterocycles. The third-order valence-corrected chi connectivity index (χ3v) is 8.21. The Balaban J connectivity index is 1.98. The minimum atomic E-state index is -1.82. The van der Waals surface area contributed by atoms with Gasteiger partial charge in [-0.25, -0.2) is 18.0 Å². The summed E-state index contributed by atoms with van der Waals surface area (Å²) < 4.78 is 46.1. The fraction of sp³-hybridized carbons (Fsp3) is 0.323. The number of nitrogens with zero attached hydrogens (tertiary/aromatic N) is 2. The van der Waals surface area contributed by atoms with Gasteiger partial charge in [-0.1, -0.05) is 62.2 Å². The number of likely N-dealkylation sites (tertiary alicyclic amines) is 1. The summed E-state index contributed by atoms with van der Waals surface area (Å²) in [6.45, 7) is 5.78. The number of halogens is 5. The van der Waals surface area contributed by atoms with Crippen molar-refractivity contribution >= 4 is 40.8 Å². The largest absolute Gasteiger partial charge is 0.478 e. The zero-order valence-corrected chi connectivity index (χ0v) is 24.7. The number of likely N-dealkylation sites (N-methyl/N-ethyl adjacent to an activating group) is 1. The van der Waals surface area contributed by atoms with Crippen molar-refractivity contribution in [2.45, 2.75) is 50.6 Å². The quantitative estimate of drug-likeness (QED) is 0.300. The van der Waals surface area contributed by atoms with E-state index in [4.69, 9.17) is 28.3 Å². The van der Waals surface area contributed by atoms with Gasteiger partial charge in [-0.3, -0.25) is 9.69 Å². The lowest BCUT2D eigenvalue weighted by molar-refractivity contribution is -0.120. The molecule has 1 aliphatic rings. The third kappa shape index (κ3) is 5.59. The summed E-state index contributed by atoms with van der Waals surface area (Å²) in [6, 6.07) is 11.4. The van der Waals surface area contributed by atoms with Gasteiger partial charge < -0.3 is 10.4 Å². The molecule has 2 N–H and O–H groups in total. The molecule has 1 fully saturated rings. The second-order valence-corrected chi connectivity index (χ2v) is 12.4. The Bertz CT molecular complexity index is 1600. The first-order valence-electron chi connectivity index (χ1n) is 13.0. The molecule has 0 saturated carbocycles. The van der Waals surface area contributed by atoms with Gasteiger partial charge >= 0.3 is 5.97 Å². The van der Waals surface area contributed by atoms with Gasteiger partial charge in [0, 0.05) is 28.2 Å². The van der Waals surface area contributed by atoms with Crippen molar-refractivity contribution in [2.24, 2.45) is 5.41 Å². The molecule has 220 valence electrons. The summed E-state index contributed by atoms with van der Waals surface area (Å²) in [5.41, 5.74) is -3.02. The number of amides is 1. The highest BCUT2D eigenvalue weighted by atomic mass is 35.5. The Morgan fingerprint density at radius 1 is 1.07 bits per heavy atom. The molecule has 0 unspecified atom stereocenters. The number of carboxylic acid groups (broad SMARTS) is 1. The van der Waals surface area contributed by atoms with E-state index >= 15 is 8.78 Å². The highest BCUT2D eigenvalue weighted by Gasteiger charge is 2.63. The van der Waals surface area contributed by atoms with Crippen LogP contribution in [0.5, 0.6) is 0 Å². The van der Waals surface area contributed by atoms with Gasteiger partial charge in [-0.15, -0.1) is 0 Å². The predicted molar refractivity (Wildman–Crippen MR) is 154 cm³/mol. The Kier molecular flexibility index (Phi) is 8.66. The SMILES string of the molecule is CN1[C@@H](CC(C)(C)C)[C@](C#N)(c2ccc(Cl)cc2F)[C@@H](c2cccc(Cl)c2F)[C@@H]1C(=O)Nc1ccc(C(=O)O)c(F)c1. The molecule has 0 aliphatic carbocycles. The zero-order chi connectivity index (χ0) is 31.1. The van der Waals surface area contributed by atoms with Gasteiger partial charge in [0.1, 0.15) is 22.9 Å². The Hall–Kier alpha value is -3.58. The standard InChI is InChI=1S/C31H28Cl2F3N3O3/c1-30(2,3)14-24-31(15-37,20-11-8-16(32)12-23(20)35)25(19-6-5-7-21(33)26(19)36)27(39(24)4)28(40)38-17-9-10-18(29(41)42)22(34)13-17/h5-13,24-25,27H,14H2,1-4H3,(H,38,40)(H,41,42)/t24-,25-,27+,31-/m0/s1. The molecule has 1 amide bonds. The first-order chi connectivity index (χ1) is 19.6. The summed E-state index contributed by atoms with van der Waals surface area (Å²) >= 11 is 12.2. The summed E-state index contributed by atoms with van der Waals surface area (Å²) in [6.07, 6.45) is 0.295. The van der Waals surface area contributed by atoms with Crippen LogP contribution in [0.15, 0.2) is 54.6 Å². The fourth-order valence-corrected chi connectivity index (χ4v) is 6.30. The van der Waals surface area contributed by atoms with Crippen LogP contribution in [-0.2, 0) is 10.2 Å². The van der Waals surface area contributed by atoms with E-state index in [2.05, 4.69) is 11.4 Å². The van der Waals surface area contributed by atoms with E-state index in [1.807, 2.05) is 20.8 Å². The molecule has 11 heteroatoms. The van der Waals surface area contributed by atoms with Gasteiger partial charge in [0.05, 0.1) is 22.7 Å². The van der Waals surface area contributed by atoms with Crippen LogP contribution in [0.3, 0.4) is 0 Å². The molecule has 42 heavy (non-hydrogen) atoms. The van der Waals surface area contributed by atoms with Crippen molar-refractivity contribution in [1.29, 1.82) is 5.26 Å². The van der Waals surface area contributed by atoms with E-state index in [9.17, 15) is 19.2 Å². The number of aromatic carboxylic acids is 1. The van der Waals surface area contributed by atoms with Crippen LogP contribution in [0.1, 0.15) is 54.6 Å². The average Bonchev–Trinajstić information content (AvgIpc) is 3.12. The second kappa shape index (κ2) is 11.6. The number of carbonyl (C=O) groups excluding carboxylic acids is 1. The van der Waals surface area contributed by atoms with E-state index in [0.29, 0.717) is 6.42 Å². The van der Waals surface area contributed by atoms with Crippen molar-refractivity contribution in [3.05, 3.63) is 98.8 Å². The van der Waals surface area contributed by atoms with Crippen molar-refractivity contribution in [3.8, 4) is 6.07 Å². The van der Waals surface area contributed by atoms with Crippen LogP contribution < -0.4 is 5.32 Å². The highest BCUT2D eigenvalue weighted by molar-refractivity contribution is 6.31. The number of carboxylic acids is 1. The highest BCUT2D eigenvalue weighted by Crippen LogP contribution is 2.56. The van der Waals surface area contributed by atoms with Gasteiger partial charge in [-0.2, -0.15) is 5.26 Å². The minimum Gasteiger partial charge on any atom is -0.478 e. The van der Waals surface area contributed by atoms with Gasteiger partial charge in [-0.05, 0) is 60.8 Å². The first kappa shape index (κ1) is 31.4. The molecule has 1 saturated heterocycles. The number of anilines is 1. The molecule has 0 radical (unpaired) electrons. The Morgan fingerprint density at radius 2 is 1.76 bits per heavy atom. The Morgan fingerprint density at radius 3 is 2.33 bits per heavy atom. The third-order valence-electron chi connectivity index (χ3n) is 7.68. The van der Waals surface area contributed by atoms with E-state index in [1.54, 1.807) is 11.9 Å².